The molecule has 11 heavy (non-hydrogen) atoms. The van der Waals surface area contributed by atoms with Crippen molar-refractivity contribution in [2.75, 3.05) is 6.61 Å². The largest absolute Gasteiger partial charge is 0.507 e. The molecular formula is C6H12O4Si. The highest BCUT2D eigenvalue weighted by Gasteiger charge is 2.31. The maximum Gasteiger partial charge on any atom is 0.507 e. The summed E-state index contributed by atoms with van der Waals surface area (Å²) in [6, 6.07) is 0. The Morgan fingerprint density at radius 3 is 2.82 bits per heavy atom. The summed E-state index contributed by atoms with van der Waals surface area (Å²) in [4.78, 5) is 10.2. The molecule has 1 aliphatic heterocycles. The molecular weight excluding hydrogens is 164 g/mol. The van der Waals surface area contributed by atoms with E-state index in [0.29, 0.717) is 23.3 Å². The van der Waals surface area contributed by atoms with Gasteiger partial charge in [0.05, 0.1) is 16.8 Å². The van der Waals surface area contributed by atoms with Gasteiger partial charge >= 0.3 is 6.16 Å². The van der Waals surface area contributed by atoms with E-state index in [-0.39, 0.29) is 0 Å². The van der Waals surface area contributed by atoms with Crippen molar-refractivity contribution in [3.05, 3.63) is 0 Å². The maximum atomic E-state index is 10.2. The number of rotatable bonds is 1. The fourth-order valence-electron chi connectivity index (χ4n) is 1.17. The lowest BCUT2D eigenvalue weighted by Crippen LogP contribution is -2.41. The summed E-state index contributed by atoms with van der Waals surface area (Å²) in [7, 11) is 0.603. The lowest BCUT2D eigenvalue weighted by atomic mass is 10.2. The van der Waals surface area contributed by atoms with Crippen LogP contribution >= 0.6 is 0 Å². The molecule has 1 rings (SSSR count). The van der Waals surface area contributed by atoms with Crippen molar-refractivity contribution in [3.63, 3.8) is 0 Å². The molecule has 0 aromatic rings. The number of carboxylic acid groups (broad SMARTS) is 1. The van der Waals surface area contributed by atoms with Crippen molar-refractivity contribution >= 4 is 16.4 Å². The molecule has 0 aromatic heterocycles. The molecule has 1 heterocycles. The molecule has 0 amide bonds. The molecule has 1 aliphatic rings. The number of carbonyl (C=O) groups is 1. The van der Waals surface area contributed by atoms with Gasteiger partial charge in [-0.15, -0.1) is 0 Å². The van der Waals surface area contributed by atoms with Gasteiger partial charge in [-0.05, 0) is 12.8 Å². The predicted molar refractivity (Wildman–Crippen MR) is 41.6 cm³/mol. The first-order valence-corrected chi connectivity index (χ1v) is 4.68. The molecule has 1 atom stereocenters. The molecule has 0 saturated carbocycles. The second-order valence-corrected chi connectivity index (χ2v) is 4.33. The molecule has 1 unspecified atom stereocenters. The third-order valence-electron chi connectivity index (χ3n) is 1.74. The Kier molecular flexibility index (Phi) is 2.51. The van der Waals surface area contributed by atoms with Crippen LogP contribution in [0.3, 0.4) is 0 Å². The number of hydrogen-bond acceptors (Lipinski definition) is 3. The SMILES string of the molecule is O=C(O)OC1([SiH3])CCCCO1. The molecule has 5 heteroatoms. The van der Waals surface area contributed by atoms with Gasteiger partial charge < -0.3 is 14.6 Å². The Morgan fingerprint density at radius 1 is 1.64 bits per heavy atom. The fraction of sp³-hybridized carbons (Fsp3) is 0.833. The van der Waals surface area contributed by atoms with Gasteiger partial charge in [0.25, 0.3) is 0 Å². The average molecular weight is 176 g/mol. The average Bonchev–Trinajstić information content (AvgIpc) is 1.85. The third-order valence-corrected chi connectivity index (χ3v) is 2.73. The molecule has 0 radical (unpaired) electrons. The summed E-state index contributed by atoms with van der Waals surface area (Å²) in [6.07, 6.45) is 1.48. The molecule has 64 valence electrons. The third kappa shape index (κ3) is 2.51. The topological polar surface area (TPSA) is 55.8 Å². The molecule has 0 aliphatic carbocycles. The molecule has 0 aromatic carbocycles. The first-order valence-electron chi connectivity index (χ1n) is 3.68. The van der Waals surface area contributed by atoms with Crippen molar-refractivity contribution < 1.29 is 19.4 Å². The molecule has 4 nitrogen and oxygen atoms in total. The van der Waals surface area contributed by atoms with Crippen molar-refractivity contribution in [1.82, 2.24) is 0 Å². The summed E-state index contributed by atoms with van der Waals surface area (Å²) in [5.41, 5.74) is -0.760. The summed E-state index contributed by atoms with van der Waals surface area (Å²) in [5, 5.41) is 8.35. The minimum atomic E-state index is -1.23. The van der Waals surface area contributed by atoms with E-state index in [4.69, 9.17) is 9.84 Å². The summed E-state index contributed by atoms with van der Waals surface area (Å²) >= 11 is 0. The Hall–Kier alpha value is -0.553. The zero-order valence-corrected chi connectivity index (χ0v) is 8.50. The highest BCUT2D eigenvalue weighted by Crippen LogP contribution is 2.22. The lowest BCUT2D eigenvalue weighted by molar-refractivity contribution is -0.171. The molecule has 1 N–H and O–H groups in total. The molecule has 0 bridgehead atoms. The first-order chi connectivity index (χ1) is 5.12. The number of hydrogen-bond donors (Lipinski definition) is 1. The van der Waals surface area contributed by atoms with Crippen LogP contribution in [0.25, 0.3) is 0 Å². The zero-order chi connectivity index (χ0) is 8.32. The first kappa shape index (κ1) is 8.54. The van der Waals surface area contributed by atoms with Gasteiger partial charge in [0, 0.05) is 6.42 Å². The lowest BCUT2D eigenvalue weighted by Gasteiger charge is -2.32. The minimum absolute atomic E-state index is 0.603. The van der Waals surface area contributed by atoms with Gasteiger partial charge in [0.1, 0.15) is 0 Å². The van der Waals surface area contributed by atoms with E-state index in [1.165, 1.54) is 0 Å². The van der Waals surface area contributed by atoms with Crippen LogP contribution in [0.1, 0.15) is 19.3 Å². The van der Waals surface area contributed by atoms with Crippen molar-refractivity contribution in [2.45, 2.75) is 24.7 Å². The highest BCUT2D eigenvalue weighted by molar-refractivity contribution is 6.14. The molecule has 0 spiro atoms. The van der Waals surface area contributed by atoms with E-state index in [1.807, 2.05) is 0 Å². The fourth-order valence-corrected chi connectivity index (χ4v) is 1.91. The smallest absolute Gasteiger partial charge is 0.450 e. The van der Waals surface area contributed by atoms with Crippen molar-refractivity contribution in [2.24, 2.45) is 0 Å². The Balaban J connectivity index is 2.43. The van der Waals surface area contributed by atoms with Crippen LogP contribution in [0, 0.1) is 0 Å². The van der Waals surface area contributed by atoms with Crippen LogP contribution in [0.4, 0.5) is 4.79 Å². The minimum Gasteiger partial charge on any atom is -0.450 e. The van der Waals surface area contributed by atoms with E-state index in [2.05, 4.69) is 4.74 Å². The van der Waals surface area contributed by atoms with E-state index in [1.54, 1.807) is 0 Å². The van der Waals surface area contributed by atoms with E-state index in [9.17, 15) is 4.79 Å². The van der Waals surface area contributed by atoms with Crippen LogP contribution in [0.15, 0.2) is 0 Å². The molecule has 1 fully saturated rings. The van der Waals surface area contributed by atoms with E-state index in [0.717, 1.165) is 12.8 Å². The summed E-state index contributed by atoms with van der Waals surface area (Å²) in [6.45, 7) is 0.622. The zero-order valence-electron chi connectivity index (χ0n) is 6.50. The maximum absolute atomic E-state index is 10.2. The quantitative estimate of drug-likeness (QED) is 0.448. The van der Waals surface area contributed by atoms with Gasteiger partial charge in [0.15, 0.2) is 5.41 Å². The Morgan fingerprint density at radius 2 is 2.36 bits per heavy atom. The summed E-state index contributed by atoms with van der Waals surface area (Å²) < 4.78 is 9.87. The van der Waals surface area contributed by atoms with Crippen LogP contribution in [-0.2, 0) is 9.47 Å². The second kappa shape index (κ2) is 3.23. The van der Waals surface area contributed by atoms with Crippen LogP contribution in [-0.4, -0.2) is 33.5 Å². The standard InChI is InChI=1S/C6H12O4Si/c7-5(8)10-6(11)3-1-2-4-9-6/h1-4H2,11H3,(H,7,8). The van der Waals surface area contributed by atoms with E-state index < -0.39 is 11.6 Å². The normalized spacial score (nSPS) is 31.6. The Bertz CT molecular complexity index is 153. The second-order valence-electron chi connectivity index (χ2n) is 2.81. The van der Waals surface area contributed by atoms with Crippen molar-refractivity contribution in [1.29, 1.82) is 0 Å². The van der Waals surface area contributed by atoms with E-state index >= 15 is 0 Å². The van der Waals surface area contributed by atoms with Gasteiger partial charge in [0.2, 0.25) is 0 Å². The monoisotopic (exact) mass is 176 g/mol. The van der Waals surface area contributed by atoms with Crippen LogP contribution < -0.4 is 0 Å². The van der Waals surface area contributed by atoms with Crippen LogP contribution in [0.2, 0.25) is 0 Å². The van der Waals surface area contributed by atoms with Gasteiger partial charge in [-0.3, -0.25) is 0 Å². The van der Waals surface area contributed by atoms with Gasteiger partial charge in [-0.25, -0.2) is 4.79 Å². The Labute approximate surface area is 67.9 Å². The number of ether oxygens (including phenoxy) is 2. The van der Waals surface area contributed by atoms with Gasteiger partial charge in [-0.2, -0.15) is 0 Å². The predicted octanol–water partition coefficient (Wildman–Crippen LogP) is -0.0993. The van der Waals surface area contributed by atoms with Crippen molar-refractivity contribution in [3.8, 4) is 0 Å². The summed E-state index contributed by atoms with van der Waals surface area (Å²) in [5.74, 6) is 0. The highest BCUT2D eigenvalue weighted by atomic mass is 28.1. The molecule has 1 saturated heterocycles. The van der Waals surface area contributed by atoms with Gasteiger partial charge in [-0.1, -0.05) is 0 Å². The van der Waals surface area contributed by atoms with Crippen LogP contribution in [0.5, 0.6) is 0 Å².